The van der Waals surface area contributed by atoms with E-state index in [0.717, 1.165) is 30.1 Å². The summed E-state index contributed by atoms with van der Waals surface area (Å²) in [7, 11) is 2.03. The summed E-state index contributed by atoms with van der Waals surface area (Å²) in [5.41, 5.74) is 0.959. The SMILES string of the molecule is CN1CCc2nc(C(=O)C(Cl)(Cl)Cl)sc2C1. The lowest BCUT2D eigenvalue weighted by atomic mass is 10.2. The summed E-state index contributed by atoms with van der Waals surface area (Å²) in [6.45, 7) is 1.75. The van der Waals surface area contributed by atoms with Crippen LogP contribution in [-0.4, -0.2) is 33.1 Å². The van der Waals surface area contributed by atoms with E-state index in [-0.39, 0.29) is 0 Å². The maximum Gasteiger partial charge on any atom is 0.255 e. The Balaban J connectivity index is 2.29. The second-order valence-electron chi connectivity index (χ2n) is 3.70. The van der Waals surface area contributed by atoms with Crippen LogP contribution in [0.5, 0.6) is 0 Å². The molecule has 16 heavy (non-hydrogen) atoms. The number of hydrogen-bond donors (Lipinski definition) is 0. The average molecular weight is 300 g/mol. The number of fused-ring (bicyclic) bond motifs is 1. The van der Waals surface area contributed by atoms with Crippen molar-refractivity contribution in [2.24, 2.45) is 0 Å². The van der Waals surface area contributed by atoms with Crippen LogP contribution in [-0.2, 0) is 13.0 Å². The molecule has 2 rings (SSSR count). The van der Waals surface area contributed by atoms with E-state index in [1.807, 2.05) is 7.05 Å². The number of likely N-dealkylation sites (N-methyl/N-ethyl adjacent to an activating group) is 1. The number of carbonyl (C=O) groups is 1. The molecule has 0 saturated heterocycles. The Kier molecular flexibility index (Phi) is 3.48. The second kappa shape index (κ2) is 4.42. The van der Waals surface area contributed by atoms with Crippen molar-refractivity contribution in [3.63, 3.8) is 0 Å². The van der Waals surface area contributed by atoms with Crippen LogP contribution in [0.2, 0.25) is 0 Å². The lowest BCUT2D eigenvalue weighted by molar-refractivity contribution is 0.0996. The van der Waals surface area contributed by atoms with Gasteiger partial charge in [-0.05, 0) is 7.05 Å². The molecule has 0 bridgehead atoms. The Bertz CT molecular complexity index is 427. The Morgan fingerprint density at radius 1 is 1.50 bits per heavy atom. The van der Waals surface area contributed by atoms with Gasteiger partial charge in [0.1, 0.15) is 0 Å². The van der Waals surface area contributed by atoms with Crippen molar-refractivity contribution in [2.45, 2.75) is 16.8 Å². The largest absolute Gasteiger partial charge is 0.301 e. The van der Waals surface area contributed by atoms with Crippen molar-refractivity contribution in [3.8, 4) is 0 Å². The van der Waals surface area contributed by atoms with Crippen molar-refractivity contribution in [2.75, 3.05) is 13.6 Å². The topological polar surface area (TPSA) is 33.2 Å². The highest BCUT2D eigenvalue weighted by molar-refractivity contribution is 7.14. The molecule has 2 heterocycles. The summed E-state index contributed by atoms with van der Waals surface area (Å²) in [6.07, 6.45) is 0.843. The fourth-order valence-electron chi connectivity index (χ4n) is 1.54. The first-order chi connectivity index (χ1) is 7.38. The van der Waals surface area contributed by atoms with Gasteiger partial charge in [0.2, 0.25) is 5.78 Å². The molecule has 1 aromatic heterocycles. The molecule has 1 aliphatic heterocycles. The van der Waals surface area contributed by atoms with Crippen molar-refractivity contribution in [3.05, 3.63) is 15.6 Å². The van der Waals surface area contributed by atoms with Gasteiger partial charge >= 0.3 is 0 Å². The van der Waals surface area contributed by atoms with E-state index < -0.39 is 9.58 Å². The van der Waals surface area contributed by atoms with Gasteiger partial charge in [0.05, 0.1) is 5.69 Å². The van der Waals surface area contributed by atoms with E-state index in [1.54, 1.807) is 0 Å². The number of carbonyl (C=O) groups excluding carboxylic acids is 1. The minimum atomic E-state index is -1.91. The van der Waals surface area contributed by atoms with Gasteiger partial charge in [-0.2, -0.15) is 0 Å². The highest BCUT2D eigenvalue weighted by Crippen LogP contribution is 2.33. The third-order valence-electron chi connectivity index (χ3n) is 2.37. The van der Waals surface area contributed by atoms with Gasteiger partial charge in [-0.15, -0.1) is 11.3 Å². The van der Waals surface area contributed by atoms with Gasteiger partial charge in [0.25, 0.3) is 3.79 Å². The number of alkyl halides is 3. The predicted octanol–water partition coefficient (Wildman–Crippen LogP) is 2.68. The second-order valence-corrected chi connectivity index (χ2v) is 7.07. The van der Waals surface area contributed by atoms with Gasteiger partial charge in [-0.3, -0.25) is 4.79 Å². The van der Waals surface area contributed by atoms with Crippen LogP contribution < -0.4 is 0 Å². The van der Waals surface area contributed by atoms with Crippen LogP contribution in [0, 0.1) is 0 Å². The average Bonchev–Trinajstić information content (AvgIpc) is 2.57. The molecule has 88 valence electrons. The number of halogens is 3. The lowest BCUT2D eigenvalue weighted by Crippen LogP contribution is -2.25. The summed E-state index contributed by atoms with van der Waals surface area (Å²) in [5.74, 6) is -0.542. The van der Waals surface area contributed by atoms with Crippen LogP contribution in [0.25, 0.3) is 0 Å². The summed E-state index contributed by atoms with van der Waals surface area (Å²) in [6, 6.07) is 0. The van der Waals surface area contributed by atoms with E-state index in [4.69, 9.17) is 34.8 Å². The number of ketones is 1. The van der Waals surface area contributed by atoms with Gasteiger partial charge < -0.3 is 4.90 Å². The molecule has 0 fully saturated rings. The number of rotatable bonds is 1. The predicted molar refractivity (Wildman–Crippen MR) is 66.8 cm³/mol. The molecule has 0 unspecified atom stereocenters. The van der Waals surface area contributed by atoms with E-state index >= 15 is 0 Å². The van der Waals surface area contributed by atoms with Gasteiger partial charge in [-0.1, -0.05) is 34.8 Å². The van der Waals surface area contributed by atoms with Crippen LogP contribution in [0.1, 0.15) is 20.4 Å². The highest BCUT2D eigenvalue weighted by atomic mass is 35.6. The summed E-state index contributed by atoms with van der Waals surface area (Å²) < 4.78 is -1.91. The molecule has 3 nitrogen and oxygen atoms in total. The lowest BCUT2D eigenvalue weighted by Gasteiger charge is -2.20. The van der Waals surface area contributed by atoms with E-state index in [1.165, 1.54) is 11.3 Å². The maximum atomic E-state index is 11.7. The molecule has 0 saturated carbocycles. The molecule has 0 N–H and O–H groups in total. The Labute approximate surface area is 112 Å². The van der Waals surface area contributed by atoms with Crippen molar-refractivity contribution in [1.29, 1.82) is 0 Å². The fraction of sp³-hybridized carbons (Fsp3) is 0.556. The molecule has 1 aromatic rings. The van der Waals surface area contributed by atoms with Gasteiger partial charge in [0.15, 0.2) is 5.01 Å². The zero-order chi connectivity index (χ0) is 11.9. The number of aromatic nitrogens is 1. The van der Waals surface area contributed by atoms with Crippen molar-refractivity contribution < 1.29 is 4.79 Å². The normalized spacial score (nSPS) is 17.2. The van der Waals surface area contributed by atoms with E-state index in [2.05, 4.69) is 9.88 Å². The highest BCUT2D eigenvalue weighted by Gasteiger charge is 2.35. The fourth-order valence-corrected chi connectivity index (χ4v) is 3.16. The Morgan fingerprint density at radius 3 is 2.81 bits per heavy atom. The molecule has 0 aromatic carbocycles. The third kappa shape index (κ3) is 2.51. The monoisotopic (exact) mass is 298 g/mol. The van der Waals surface area contributed by atoms with Crippen LogP contribution in [0.15, 0.2) is 0 Å². The molecule has 0 amide bonds. The number of thiazole rings is 1. The van der Waals surface area contributed by atoms with E-state index in [9.17, 15) is 4.79 Å². The van der Waals surface area contributed by atoms with Gasteiger partial charge in [-0.25, -0.2) is 4.98 Å². The molecule has 1 aliphatic rings. The zero-order valence-electron chi connectivity index (χ0n) is 8.47. The van der Waals surface area contributed by atoms with E-state index in [0.29, 0.717) is 5.01 Å². The summed E-state index contributed by atoms with van der Waals surface area (Å²) >= 11 is 18.0. The Morgan fingerprint density at radius 2 is 2.19 bits per heavy atom. The van der Waals surface area contributed by atoms with Gasteiger partial charge in [0, 0.05) is 24.4 Å². The summed E-state index contributed by atoms with van der Waals surface area (Å²) in [4.78, 5) is 19.2. The van der Waals surface area contributed by atoms with Crippen molar-refractivity contribution >= 4 is 51.9 Å². The Hall–Kier alpha value is 0.130. The molecule has 7 heteroatoms. The first-order valence-electron chi connectivity index (χ1n) is 4.66. The number of nitrogens with zero attached hydrogens (tertiary/aromatic N) is 2. The van der Waals surface area contributed by atoms with Crippen LogP contribution >= 0.6 is 46.1 Å². The molecule has 0 radical (unpaired) electrons. The number of Topliss-reactive ketones (excluding diaryl/α,β-unsaturated/α-hetero) is 1. The first-order valence-corrected chi connectivity index (χ1v) is 6.61. The smallest absolute Gasteiger partial charge is 0.255 e. The zero-order valence-corrected chi connectivity index (χ0v) is 11.6. The molecule has 0 spiro atoms. The third-order valence-corrected chi connectivity index (χ3v) is 3.97. The molecular formula is C9H9Cl3N2OS. The number of hydrogen-bond acceptors (Lipinski definition) is 4. The quantitative estimate of drug-likeness (QED) is 0.590. The first kappa shape index (κ1) is 12.6. The molecule has 0 atom stereocenters. The van der Waals surface area contributed by atoms with Crippen molar-refractivity contribution in [1.82, 2.24) is 9.88 Å². The standard InChI is InChI=1S/C9H9Cl3N2OS/c1-14-3-2-5-6(4-14)16-8(13-5)7(15)9(10,11)12/h2-4H2,1H3. The van der Waals surface area contributed by atoms with Crippen LogP contribution in [0.4, 0.5) is 0 Å². The minimum absolute atomic E-state index is 0.292. The maximum absolute atomic E-state index is 11.7. The summed E-state index contributed by atoms with van der Waals surface area (Å²) in [5, 5.41) is 0.292. The van der Waals surface area contributed by atoms with Crippen LogP contribution in [0.3, 0.4) is 0 Å². The molecule has 0 aliphatic carbocycles. The molecular weight excluding hydrogens is 291 g/mol. The minimum Gasteiger partial charge on any atom is -0.301 e.